The van der Waals surface area contributed by atoms with Crippen molar-refractivity contribution in [2.24, 2.45) is 0 Å². The second-order valence-corrected chi connectivity index (χ2v) is 3.93. The fourth-order valence-electron chi connectivity index (χ4n) is 1.56. The third-order valence-electron chi connectivity index (χ3n) is 2.67. The Hall–Kier alpha value is -2.11. The summed E-state index contributed by atoms with van der Waals surface area (Å²) in [5.41, 5.74) is 7.78. The van der Waals surface area contributed by atoms with Crippen LogP contribution >= 0.6 is 0 Å². The van der Waals surface area contributed by atoms with Crippen LogP contribution in [0.4, 0.5) is 14.5 Å². The zero-order chi connectivity index (χ0) is 13.3. The van der Waals surface area contributed by atoms with E-state index in [1.165, 1.54) is 10.7 Å². The monoisotopic (exact) mass is 253 g/mol. The van der Waals surface area contributed by atoms with Crippen LogP contribution in [0.3, 0.4) is 0 Å². The molecule has 0 saturated heterocycles. The highest BCUT2D eigenvalue weighted by Gasteiger charge is 2.10. The predicted molar refractivity (Wildman–Crippen MR) is 63.1 cm³/mol. The fourth-order valence-corrected chi connectivity index (χ4v) is 1.56. The Morgan fingerprint density at radius 3 is 2.61 bits per heavy atom. The lowest BCUT2D eigenvalue weighted by molar-refractivity contribution is 0.208. The second-order valence-electron chi connectivity index (χ2n) is 3.93. The summed E-state index contributed by atoms with van der Waals surface area (Å²) in [6, 6.07) is 3.14. The molecule has 0 aliphatic carbocycles. The first kappa shape index (κ1) is 12.3. The minimum atomic E-state index is -0.746. The number of rotatable bonds is 3. The van der Waals surface area contributed by atoms with E-state index in [-0.39, 0.29) is 12.5 Å². The topological polar surface area (TPSA) is 53.1 Å². The molecular formula is C12H13F2N3O. The van der Waals surface area contributed by atoms with Crippen molar-refractivity contribution < 1.29 is 13.5 Å². The first-order valence-electron chi connectivity index (χ1n) is 5.36. The predicted octanol–water partition coefficient (Wildman–Crippen LogP) is 2.40. The van der Waals surface area contributed by atoms with Crippen molar-refractivity contribution in [2.45, 2.75) is 20.6 Å². The molecule has 0 saturated carbocycles. The molecule has 0 aliphatic heterocycles. The summed E-state index contributed by atoms with van der Waals surface area (Å²) in [6.45, 7) is 3.59. The van der Waals surface area contributed by atoms with Gasteiger partial charge in [-0.15, -0.1) is 0 Å². The standard InChI is InChI=1S/C12H13F2N3O/c1-7-12(15)8(2)17(16-7)6-18-11-4-3-9(13)5-10(11)14/h3-5H,6,15H2,1-2H3. The van der Waals surface area contributed by atoms with Crippen LogP contribution in [0.25, 0.3) is 0 Å². The summed E-state index contributed by atoms with van der Waals surface area (Å²) in [7, 11) is 0. The van der Waals surface area contributed by atoms with Crippen molar-refractivity contribution in [3.05, 3.63) is 41.2 Å². The van der Waals surface area contributed by atoms with Gasteiger partial charge in [-0.2, -0.15) is 5.10 Å². The Bertz CT molecular complexity index is 581. The number of anilines is 1. The van der Waals surface area contributed by atoms with E-state index in [9.17, 15) is 8.78 Å². The molecule has 0 aliphatic rings. The molecule has 96 valence electrons. The highest BCUT2D eigenvalue weighted by Crippen LogP contribution is 2.19. The highest BCUT2D eigenvalue weighted by molar-refractivity contribution is 5.46. The van der Waals surface area contributed by atoms with Crippen molar-refractivity contribution in [3.8, 4) is 5.75 Å². The van der Waals surface area contributed by atoms with E-state index >= 15 is 0 Å². The van der Waals surface area contributed by atoms with Crippen LogP contribution < -0.4 is 10.5 Å². The lowest BCUT2D eigenvalue weighted by Gasteiger charge is -2.08. The largest absolute Gasteiger partial charge is 0.468 e. The molecule has 2 N–H and O–H groups in total. The van der Waals surface area contributed by atoms with Crippen LogP contribution in [0.2, 0.25) is 0 Å². The van der Waals surface area contributed by atoms with Gasteiger partial charge in [-0.05, 0) is 26.0 Å². The average Bonchev–Trinajstić information content (AvgIpc) is 2.56. The molecule has 1 aromatic heterocycles. The molecule has 0 radical (unpaired) electrons. The van der Waals surface area contributed by atoms with Gasteiger partial charge < -0.3 is 10.5 Å². The first-order valence-corrected chi connectivity index (χ1v) is 5.36. The molecule has 4 nitrogen and oxygen atoms in total. The van der Waals surface area contributed by atoms with Gasteiger partial charge in [-0.25, -0.2) is 13.5 Å². The van der Waals surface area contributed by atoms with Crippen molar-refractivity contribution in [1.29, 1.82) is 0 Å². The Kier molecular flexibility index (Phi) is 3.18. The van der Waals surface area contributed by atoms with Crippen molar-refractivity contribution in [3.63, 3.8) is 0 Å². The van der Waals surface area contributed by atoms with Crippen LogP contribution in [0.15, 0.2) is 18.2 Å². The maximum Gasteiger partial charge on any atom is 0.181 e. The molecule has 0 atom stereocenters. The first-order chi connectivity index (χ1) is 8.49. The van der Waals surface area contributed by atoms with E-state index in [0.717, 1.165) is 17.8 Å². The fraction of sp³-hybridized carbons (Fsp3) is 0.250. The van der Waals surface area contributed by atoms with E-state index < -0.39 is 11.6 Å². The zero-order valence-electron chi connectivity index (χ0n) is 10.1. The van der Waals surface area contributed by atoms with Crippen LogP contribution in [-0.4, -0.2) is 9.78 Å². The van der Waals surface area contributed by atoms with Crippen molar-refractivity contribution in [1.82, 2.24) is 9.78 Å². The molecule has 6 heteroatoms. The Morgan fingerprint density at radius 2 is 2.06 bits per heavy atom. The van der Waals surface area contributed by atoms with E-state index in [1.54, 1.807) is 13.8 Å². The van der Waals surface area contributed by atoms with Gasteiger partial charge in [0.15, 0.2) is 18.3 Å². The third-order valence-corrected chi connectivity index (χ3v) is 2.67. The summed E-state index contributed by atoms with van der Waals surface area (Å²) in [4.78, 5) is 0. The van der Waals surface area contributed by atoms with Gasteiger partial charge >= 0.3 is 0 Å². The molecule has 0 bridgehead atoms. The SMILES string of the molecule is Cc1nn(COc2ccc(F)cc2F)c(C)c1N. The van der Waals surface area contributed by atoms with E-state index in [2.05, 4.69) is 5.10 Å². The summed E-state index contributed by atoms with van der Waals surface area (Å²) in [6.07, 6.45) is 0. The molecule has 1 aromatic carbocycles. The summed E-state index contributed by atoms with van der Waals surface area (Å²) in [5.74, 6) is -1.41. The second kappa shape index (κ2) is 4.64. The Balaban J connectivity index is 2.14. The van der Waals surface area contributed by atoms with Crippen LogP contribution in [-0.2, 0) is 6.73 Å². The van der Waals surface area contributed by atoms with Gasteiger partial charge in [-0.1, -0.05) is 0 Å². The lowest BCUT2D eigenvalue weighted by atomic mass is 10.3. The quantitative estimate of drug-likeness (QED) is 0.913. The van der Waals surface area contributed by atoms with E-state index in [0.29, 0.717) is 11.4 Å². The number of nitrogens with two attached hydrogens (primary N) is 1. The Morgan fingerprint density at radius 1 is 1.33 bits per heavy atom. The normalized spacial score (nSPS) is 10.7. The van der Waals surface area contributed by atoms with E-state index in [1.807, 2.05) is 0 Å². The van der Waals surface area contributed by atoms with Crippen LogP contribution in [0.1, 0.15) is 11.4 Å². The molecule has 0 amide bonds. The minimum absolute atomic E-state index is 0.0203. The lowest BCUT2D eigenvalue weighted by Crippen LogP contribution is -2.09. The van der Waals surface area contributed by atoms with Gasteiger partial charge in [0.05, 0.1) is 17.1 Å². The molecular weight excluding hydrogens is 240 g/mol. The van der Waals surface area contributed by atoms with Crippen LogP contribution in [0.5, 0.6) is 5.75 Å². The van der Waals surface area contributed by atoms with Gasteiger partial charge in [-0.3, -0.25) is 0 Å². The molecule has 2 aromatic rings. The number of ether oxygens (including phenoxy) is 1. The Labute approximate surface area is 103 Å². The number of halogens is 2. The van der Waals surface area contributed by atoms with Gasteiger partial charge in [0.1, 0.15) is 5.82 Å². The number of benzene rings is 1. The third kappa shape index (κ3) is 2.27. The molecule has 2 rings (SSSR count). The van der Waals surface area contributed by atoms with Gasteiger partial charge in [0, 0.05) is 6.07 Å². The molecule has 0 spiro atoms. The van der Waals surface area contributed by atoms with Gasteiger partial charge in [0.25, 0.3) is 0 Å². The summed E-state index contributed by atoms with van der Waals surface area (Å²) in [5, 5.41) is 4.14. The molecule has 18 heavy (non-hydrogen) atoms. The average molecular weight is 253 g/mol. The number of nitrogen functional groups attached to an aromatic ring is 1. The number of hydrogen-bond acceptors (Lipinski definition) is 3. The maximum atomic E-state index is 13.3. The number of aryl methyl sites for hydroxylation is 1. The van der Waals surface area contributed by atoms with Crippen LogP contribution in [0, 0.1) is 25.5 Å². The van der Waals surface area contributed by atoms with E-state index in [4.69, 9.17) is 10.5 Å². The molecule has 1 heterocycles. The smallest absolute Gasteiger partial charge is 0.181 e. The highest BCUT2D eigenvalue weighted by atomic mass is 19.1. The minimum Gasteiger partial charge on any atom is -0.468 e. The number of aromatic nitrogens is 2. The van der Waals surface area contributed by atoms with Crippen molar-refractivity contribution in [2.75, 3.05) is 5.73 Å². The summed E-state index contributed by atoms with van der Waals surface area (Å²) >= 11 is 0. The van der Waals surface area contributed by atoms with Gasteiger partial charge in [0.2, 0.25) is 0 Å². The zero-order valence-corrected chi connectivity index (χ0v) is 10.1. The molecule has 0 unspecified atom stereocenters. The number of nitrogens with zero attached hydrogens (tertiary/aromatic N) is 2. The number of hydrogen-bond donors (Lipinski definition) is 1. The molecule has 0 fully saturated rings. The summed E-state index contributed by atoms with van der Waals surface area (Å²) < 4.78 is 32.8. The van der Waals surface area contributed by atoms with Crippen molar-refractivity contribution >= 4 is 5.69 Å². The maximum absolute atomic E-state index is 13.3.